The quantitative estimate of drug-likeness (QED) is 0.622. The van der Waals surface area contributed by atoms with E-state index in [1.807, 2.05) is 32.9 Å². The lowest BCUT2D eigenvalue weighted by Gasteiger charge is -2.33. The van der Waals surface area contributed by atoms with E-state index < -0.39 is 48.1 Å². The van der Waals surface area contributed by atoms with Crippen molar-refractivity contribution in [3.63, 3.8) is 0 Å². The first-order valence-corrected chi connectivity index (χ1v) is 9.48. The molecule has 3 aliphatic rings. The molecule has 3 heterocycles. The van der Waals surface area contributed by atoms with Gasteiger partial charge in [0.05, 0.1) is 6.61 Å². The number of amides is 1. The maximum absolute atomic E-state index is 12.9. The minimum atomic E-state index is -0.876. The van der Waals surface area contributed by atoms with E-state index in [9.17, 15) is 10.0 Å². The summed E-state index contributed by atoms with van der Waals surface area (Å²) in [5.41, 5.74) is 1.40. The molecule has 0 aromatic heterocycles. The summed E-state index contributed by atoms with van der Waals surface area (Å²) in [4.78, 5) is 12.9. The van der Waals surface area contributed by atoms with Gasteiger partial charge < -0.3 is 23.7 Å². The van der Waals surface area contributed by atoms with E-state index in [1.165, 1.54) is 0 Å². The van der Waals surface area contributed by atoms with Crippen LogP contribution in [0.4, 0.5) is 0 Å². The number of nitrogens with zero attached hydrogens (tertiary/aromatic N) is 1. The standard InChI is InChI=1S/C20H27NO7/c1-11-6-8-12(9-7-11)17(22)21(23)14-15(13-10-24-19(2,3)26-13)25-18-16(14)27-20(4,5)28-18/h6-9,13-16,18,23H,10H2,1-5H3/t13-,14-,15-,16-,18-/m1/s1. The van der Waals surface area contributed by atoms with Crippen LogP contribution >= 0.6 is 0 Å². The van der Waals surface area contributed by atoms with E-state index >= 15 is 0 Å². The smallest absolute Gasteiger partial charge is 0.277 e. The van der Waals surface area contributed by atoms with Crippen molar-refractivity contribution in [2.45, 2.75) is 76.8 Å². The Morgan fingerprint density at radius 1 is 1.04 bits per heavy atom. The maximum atomic E-state index is 12.9. The third-order valence-corrected chi connectivity index (χ3v) is 5.24. The van der Waals surface area contributed by atoms with Gasteiger partial charge in [-0.25, -0.2) is 5.06 Å². The molecule has 8 heteroatoms. The summed E-state index contributed by atoms with van der Waals surface area (Å²) in [6.45, 7) is 9.36. The van der Waals surface area contributed by atoms with Crippen LogP contribution in [0.5, 0.6) is 0 Å². The molecule has 0 aliphatic carbocycles. The zero-order valence-electron chi connectivity index (χ0n) is 16.7. The SMILES string of the molecule is Cc1ccc(C(=O)N(O)[C@H]2[C@H]3OC(C)(C)O[C@H]3O[C@@H]2[C@H]2COC(C)(C)O2)cc1. The molecule has 3 fully saturated rings. The van der Waals surface area contributed by atoms with Gasteiger partial charge >= 0.3 is 0 Å². The number of benzene rings is 1. The summed E-state index contributed by atoms with van der Waals surface area (Å²) in [7, 11) is 0. The van der Waals surface area contributed by atoms with Gasteiger partial charge in [-0.2, -0.15) is 0 Å². The molecule has 3 aliphatic heterocycles. The van der Waals surface area contributed by atoms with Gasteiger partial charge in [0.1, 0.15) is 24.4 Å². The highest BCUT2D eigenvalue weighted by Gasteiger charge is 2.60. The molecule has 5 atom stereocenters. The lowest BCUT2D eigenvalue weighted by Crippen LogP contribution is -2.53. The first-order chi connectivity index (χ1) is 13.1. The number of ether oxygens (including phenoxy) is 5. The van der Waals surface area contributed by atoms with E-state index in [0.717, 1.165) is 5.56 Å². The van der Waals surface area contributed by atoms with E-state index in [-0.39, 0.29) is 6.61 Å². The highest BCUT2D eigenvalue weighted by Crippen LogP contribution is 2.42. The number of carbonyl (C=O) groups excluding carboxylic acids is 1. The fraction of sp³-hybridized carbons (Fsp3) is 0.650. The lowest BCUT2D eigenvalue weighted by molar-refractivity contribution is -0.238. The van der Waals surface area contributed by atoms with Gasteiger partial charge in [-0.3, -0.25) is 10.0 Å². The van der Waals surface area contributed by atoms with E-state index in [4.69, 9.17) is 23.7 Å². The molecule has 0 unspecified atom stereocenters. The molecule has 28 heavy (non-hydrogen) atoms. The van der Waals surface area contributed by atoms with E-state index in [1.54, 1.807) is 26.0 Å². The lowest BCUT2D eigenvalue weighted by atomic mass is 10.0. The molecule has 0 spiro atoms. The van der Waals surface area contributed by atoms with Crippen LogP contribution in [0.15, 0.2) is 24.3 Å². The monoisotopic (exact) mass is 393 g/mol. The predicted molar refractivity (Wildman–Crippen MR) is 96.5 cm³/mol. The van der Waals surface area contributed by atoms with Crippen LogP contribution in [0, 0.1) is 6.92 Å². The van der Waals surface area contributed by atoms with Gasteiger partial charge in [0.25, 0.3) is 5.91 Å². The molecule has 3 saturated heterocycles. The van der Waals surface area contributed by atoms with Crippen molar-refractivity contribution in [1.29, 1.82) is 0 Å². The summed E-state index contributed by atoms with van der Waals surface area (Å²) >= 11 is 0. The minimum Gasteiger partial charge on any atom is -0.348 e. The molecular formula is C20H27NO7. The molecule has 0 radical (unpaired) electrons. The Morgan fingerprint density at radius 2 is 1.71 bits per heavy atom. The van der Waals surface area contributed by atoms with Crippen LogP contribution in [-0.2, 0) is 23.7 Å². The summed E-state index contributed by atoms with van der Waals surface area (Å²) in [5, 5.41) is 11.6. The fourth-order valence-electron chi connectivity index (χ4n) is 3.94. The normalized spacial score (nSPS) is 35.7. The van der Waals surface area contributed by atoms with Crippen molar-refractivity contribution in [2.24, 2.45) is 0 Å². The topological polar surface area (TPSA) is 86.7 Å². The van der Waals surface area contributed by atoms with Crippen molar-refractivity contribution in [3.05, 3.63) is 35.4 Å². The number of hydrogen-bond acceptors (Lipinski definition) is 7. The Bertz CT molecular complexity index is 747. The third kappa shape index (κ3) is 3.56. The van der Waals surface area contributed by atoms with Gasteiger partial charge in [0.15, 0.2) is 17.9 Å². The second kappa shape index (κ2) is 6.76. The van der Waals surface area contributed by atoms with Gasteiger partial charge in [-0.15, -0.1) is 0 Å². The number of hydrogen-bond donors (Lipinski definition) is 1. The Morgan fingerprint density at radius 3 is 2.32 bits per heavy atom. The van der Waals surface area contributed by atoms with Crippen molar-refractivity contribution in [2.75, 3.05) is 6.61 Å². The van der Waals surface area contributed by atoms with Gasteiger partial charge in [-0.05, 0) is 46.8 Å². The van der Waals surface area contributed by atoms with Crippen LogP contribution in [-0.4, -0.2) is 65.0 Å². The summed E-state index contributed by atoms with van der Waals surface area (Å²) < 4.78 is 29.4. The molecule has 4 rings (SSSR count). The zero-order valence-corrected chi connectivity index (χ0v) is 16.7. The Labute approximate surface area is 164 Å². The molecular weight excluding hydrogens is 366 g/mol. The molecule has 8 nitrogen and oxygen atoms in total. The number of fused-ring (bicyclic) bond motifs is 1. The Kier molecular flexibility index (Phi) is 4.77. The Hall–Kier alpha value is -1.55. The van der Waals surface area contributed by atoms with Crippen LogP contribution in [0.2, 0.25) is 0 Å². The second-order valence-electron chi connectivity index (χ2n) is 8.44. The van der Waals surface area contributed by atoms with Crippen molar-refractivity contribution in [1.82, 2.24) is 5.06 Å². The maximum Gasteiger partial charge on any atom is 0.277 e. The first-order valence-electron chi connectivity index (χ1n) is 9.48. The first kappa shape index (κ1) is 19.8. The van der Waals surface area contributed by atoms with Crippen molar-refractivity contribution < 1.29 is 33.7 Å². The number of rotatable bonds is 3. The number of aryl methyl sites for hydroxylation is 1. The minimum absolute atomic E-state index is 0.281. The van der Waals surface area contributed by atoms with E-state index in [0.29, 0.717) is 10.6 Å². The zero-order chi connectivity index (χ0) is 20.3. The molecule has 0 saturated carbocycles. The molecule has 1 aromatic carbocycles. The summed E-state index contributed by atoms with van der Waals surface area (Å²) in [6, 6.07) is 6.19. The van der Waals surface area contributed by atoms with Gasteiger partial charge in [0.2, 0.25) is 0 Å². The Balaban J connectivity index is 1.61. The molecule has 1 amide bonds. The van der Waals surface area contributed by atoms with E-state index in [2.05, 4.69) is 0 Å². The van der Waals surface area contributed by atoms with Gasteiger partial charge in [-0.1, -0.05) is 17.7 Å². The van der Waals surface area contributed by atoms with Gasteiger partial charge in [0, 0.05) is 5.56 Å². The third-order valence-electron chi connectivity index (χ3n) is 5.24. The van der Waals surface area contributed by atoms with Crippen LogP contribution < -0.4 is 0 Å². The highest BCUT2D eigenvalue weighted by atomic mass is 16.8. The highest BCUT2D eigenvalue weighted by molar-refractivity contribution is 5.93. The number of carbonyl (C=O) groups is 1. The summed E-state index contributed by atoms with van der Waals surface area (Å²) in [5.74, 6) is -2.18. The summed E-state index contributed by atoms with van der Waals surface area (Å²) in [6.07, 6.45) is -2.49. The van der Waals surface area contributed by atoms with Crippen LogP contribution in [0.1, 0.15) is 43.6 Å². The van der Waals surface area contributed by atoms with Crippen LogP contribution in [0.25, 0.3) is 0 Å². The molecule has 154 valence electrons. The van der Waals surface area contributed by atoms with Crippen molar-refractivity contribution >= 4 is 5.91 Å². The molecule has 0 bridgehead atoms. The molecule has 1 N–H and O–H groups in total. The average Bonchev–Trinajstić information content (AvgIpc) is 3.22. The van der Waals surface area contributed by atoms with Crippen molar-refractivity contribution in [3.8, 4) is 0 Å². The average molecular weight is 393 g/mol. The largest absolute Gasteiger partial charge is 0.348 e. The molecule has 1 aromatic rings. The predicted octanol–water partition coefficient (Wildman–Crippen LogP) is 2.22. The number of hydroxylamine groups is 2. The second-order valence-corrected chi connectivity index (χ2v) is 8.44. The fourth-order valence-corrected chi connectivity index (χ4v) is 3.94. The van der Waals surface area contributed by atoms with Crippen LogP contribution in [0.3, 0.4) is 0 Å².